The average Bonchev–Trinajstić information content (AvgIpc) is 2.58. The number of aromatic nitrogens is 2. The van der Waals surface area contributed by atoms with Crippen molar-refractivity contribution in [1.82, 2.24) is 15.3 Å². The lowest BCUT2D eigenvalue weighted by Crippen LogP contribution is -2.26. The van der Waals surface area contributed by atoms with Crippen LogP contribution in [0.2, 0.25) is 0 Å². The zero-order valence-electron chi connectivity index (χ0n) is 15.6. The Kier molecular flexibility index (Phi) is 6.92. The van der Waals surface area contributed by atoms with Gasteiger partial charge in [-0.2, -0.15) is 0 Å². The first-order valence-electron chi connectivity index (χ1n) is 9.01. The molecule has 1 amide bonds. The second kappa shape index (κ2) is 9.16. The number of benzene rings is 1. The van der Waals surface area contributed by atoms with Crippen LogP contribution in [0.5, 0.6) is 0 Å². The monoisotopic (exact) mass is 340 g/mol. The number of aryl methyl sites for hydroxylation is 1. The highest BCUT2D eigenvalue weighted by Crippen LogP contribution is 2.25. The van der Waals surface area contributed by atoms with E-state index in [1.807, 2.05) is 25.1 Å². The van der Waals surface area contributed by atoms with Crippen LogP contribution in [0.1, 0.15) is 67.7 Å². The summed E-state index contributed by atoms with van der Waals surface area (Å²) in [5.41, 5.74) is 3.32. The third-order valence-corrected chi connectivity index (χ3v) is 3.98. The quantitative estimate of drug-likeness (QED) is 0.691. The lowest BCUT2D eigenvalue weighted by Gasteiger charge is -2.14. The van der Waals surface area contributed by atoms with Crippen LogP contribution in [0.3, 0.4) is 0 Å². The molecule has 5 heteroatoms. The van der Waals surface area contributed by atoms with Crippen LogP contribution in [0.15, 0.2) is 30.3 Å². The van der Waals surface area contributed by atoms with E-state index in [4.69, 9.17) is 0 Å². The van der Waals surface area contributed by atoms with Crippen LogP contribution in [0.4, 0.5) is 11.6 Å². The molecule has 0 aliphatic heterocycles. The van der Waals surface area contributed by atoms with Gasteiger partial charge in [0.2, 0.25) is 5.95 Å². The minimum absolute atomic E-state index is 0.151. The summed E-state index contributed by atoms with van der Waals surface area (Å²) in [4.78, 5) is 21.1. The Bertz CT molecular complexity index is 713. The third-order valence-electron chi connectivity index (χ3n) is 3.98. The Labute approximate surface area is 150 Å². The molecule has 0 saturated heterocycles. The molecule has 134 valence electrons. The van der Waals surface area contributed by atoms with Gasteiger partial charge in [-0.15, -0.1) is 0 Å². The van der Waals surface area contributed by atoms with Crippen molar-refractivity contribution in [3.05, 3.63) is 47.3 Å². The normalized spacial score (nSPS) is 10.8. The Hall–Kier alpha value is -2.43. The second-order valence-corrected chi connectivity index (χ2v) is 6.55. The lowest BCUT2D eigenvalue weighted by molar-refractivity contribution is 0.0948. The number of hydrogen-bond donors (Lipinski definition) is 2. The van der Waals surface area contributed by atoms with Crippen LogP contribution < -0.4 is 10.6 Å². The second-order valence-electron chi connectivity index (χ2n) is 6.55. The van der Waals surface area contributed by atoms with Crippen molar-refractivity contribution in [1.29, 1.82) is 0 Å². The number of para-hydroxylation sites is 1. The van der Waals surface area contributed by atoms with Crippen molar-refractivity contribution >= 4 is 17.5 Å². The summed E-state index contributed by atoms with van der Waals surface area (Å²) in [6.07, 6.45) is 3.23. The Morgan fingerprint density at radius 3 is 2.64 bits per heavy atom. The molecule has 0 aliphatic carbocycles. The molecule has 2 N–H and O–H groups in total. The number of rotatable bonds is 8. The van der Waals surface area contributed by atoms with Crippen molar-refractivity contribution in [2.24, 2.45) is 0 Å². The fraction of sp³-hybridized carbons (Fsp3) is 0.450. The number of nitrogens with zero attached hydrogens (tertiary/aromatic N) is 2. The van der Waals surface area contributed by atoms with Gasteiger partial charge in [0, 0.05) is 17.9 Å². The molecule has 0 atom stereocenters. The highest BCUT2D eigenvalue weighted by molar-refractivity contribution is 5.92. The van der Waals surface area contributed by atoms with E-state index in [0.717, 1.165) is 30.6 Å². The maximum Gasteiger partial charge on any atom is 0.270 e. The maximum atomic E-state index is 12.3. The van der Waals surface area contributed by atoms with Gasteiger partial charge in [-0.3, -0.25) is 4.79 Å². The summed E-state index contributed by atoms with van der Waals surface area (Å²) in [5, 5.41) is 6.19. The summed E-state index contributed by atoms with van der Waals surface area (Å²) >= 11 is 0. The van der Waals surface area contributed by atoms with Gasteiger partial charge in [0.1, 0.15) is 5.69 Å². The maximum absolute atomic E-state index is 12.3. The number of carbonyl (C=O) groups is 1. The van der Waals surface area contributed by atoms with Crippen molar-refractivity contribution < 1.29 is 4.79 Å². The predicted molar refractivity (Wildman–Crippen MR) is 102 cm³/mol. The molecule has 1 aromatic carbocycles. The minimum atomic E-state index is -0.151. The predicted octanol–water partition coefficient (Wildman–Crippen LogP) is 4.57. The van der Waals surface area contributed by atoms with Gasteiger partial charge >= 0.3 is 0 Å². The van der Waals surface area contributed by atoms with Gasteiger partial charge in [0.05, 0.1) is 0 Å². The van der Waals surface area contributed by atoms with Crippen LogP contribution in [0.25, 0.3) is 0 Å². The minimum Gasteiger partial charge on any atom is -0.351 e. The summed E-state index contributed by atoms with van der Waals surface area (Å²) in [6.45, 7) is 8.98. The Morgan fingerprint density at radius 2 is 1.92 bits per heavy atom. The van der Waals surface area contributed by atoms with E-state index in [1.54, 1.807) is 6.07 Å². The number of carbonyl (C=O) groups excluding carboxylic acids is 1. The first-order chi connectivity index (χ1) is 12.0. The van der Waals surface area contributed by atoms with Crippen LogP contribution >= 0.6 is 0 Å². The molecule has 0 fully saturated rings. The summed E-state index contributed by atoms with van der Waals surface area (Å²) in [6, 6.07) is 9.81. The molecule has 25 heavy (non-hydrogen) atoms. The summed E-state index contributed by atoms with van der Waals surface area (Å²) in [7, 11) is 0. The first-order valence-corrected chi connectivity index (χ1v) is 9.01. The molecule has 0 saturated carbocycles. The fourth-order valence-corrected chi connectivity index (χ4v) is 2.64. The molecular weight excluding hydrogens is 312 g/mol. The molecule has 2 aromatic rings. The topological polar surface area (TPSA) is 66.9 Å². The Morgan fingerprint density at radius 1 is 1.16 bits per heavy atom. The smallest absolute Gasteiger partial charge is 0.270 e. The van der Waals surface area contributed by atoms with Gasteiger partial charge in [-0.05, 0) is 37.0 Å². The standard InChI is InChI=1S/C20H28N4O/c1-5-6-9-12-21-19(25)18-13-15(4)22-20(24-18)23-17-11-8-7-10-16(17)14(2)3/h7-8,10-11,13-14H,5-6,9,12H2,1-4H3,(H,21,25)(H,22,23,24). The van der Waals surface area contributed by atoms with Gasteiger partial charge in [-0.1, -0.05) is 51.8 Å². The molecule has 0 aliphatic rings. The number of unbranched alkanes of at least 4 members (excludes halogenated alkanes) is 2. The van der Waals surface area contributed by atoms with Gasteiger partial charge in [0.25, 0.3) is 5.91 Å². The molecule has 0 radical (unpaired) electrons. The van der Waals surface area contributed by atoms with E-state index in [-0.39, 0.29) is 5.91 Å². The fourth-order valence-electron chi connectivity index (χ4n) is 2.64. The highest BCUT2D eigenvalue weighted by atomic mass is 16.1. The van der Waals surface area contributed by atoms with E-state index in [2.05, 4.69) is 47.4 Å². The molecular formula is C20H28N4O. The van der Waals surface area contributed by atoms with Gasteiger partial charge < -0.3 is 10.6 Å². The largest absolute Gasteiger partial charge is 0.351 e. The van der Waals surface area contributed by atoms with Gasteiger partial charge in [0.15, 0.2) is 0 Å². The van der Waals surface area contributed by atoms with Crippen LogP contribution in [-0.2, 0) is 0 Å². The average molecular weight is 340 g/mol. The van der Waals surface area contributed by atoms with E-state index in [9.17, 15) is 4.79 Å². The number of hydrogen-bond acceptors (Lipinski definition) is 4. The van der Waals surface area contributed by atoms with Crippen LogP contribution in [-0.4, -0.2) is 22.4 Å². The molecule has 2 rings (SSSR count). The van der Waals surface area contributed by atoms with Gasteiger partial charge in [-0.25, -0.2) is 9.97 Å². The molecule has 0 spiro atoms. The third kappa shape index (κ3) is 5.55. The lowest BCUT2D eigenvalue weighted by atomic mass is 10.0. The number of nitrogens with one attached hydrogen (secondary N) is 2. The number of anilines is 2. The Balaban J connectivity index is 2.15. The molecule has 1 aromatic heterocycles. The van der Waals surface area contributed by atoms with Crippen molar-refractivity contribution in [2.75, 3.05) is 11.9 Å². The zero-order valence-corrected chi connectivity index (χ0v) is 15.6. The highest BCUT2D eigenvalue weighted by Gasteiger charge is 2.12. The first kappa shape index (κ1) is 18.9. The van der Waals surface area contributed by atoms with E-state index >= 15 is 0 Å². The SMILES string of the molecule is CCCCCNC(=O)c1cc(C)nc(Nc2ccccc2C(C)C)n1. The number of amides is 1. The molecule has 1 heterocycles. The molecule has 5 nitrogen and oxygen atoms in total. The van der Waals surface area contributed by atoms with E-state index in [0.29, 0.717) is 24.1 Å². The van der Waals surface area contributed by atoms with Crippen LogP contribution in [0, 0.1) is 6.92 Å². The van der Waals surface area contributed by atoms with E-state index in [1.165, 1.54) is 5.56 Å². The van der Waals surface area contributed by atoms with Crippen molar-refractivity contribution in [3.63, 3.8) is 0 Å². The molecule has 0 unspecified atom stereocenters. The van der Waals surface area contributed by atoms with Crippen molar-refractivity contribution in [3.8, 4) is 0 Å². The van der Waals surface area contributed by atoms with E-state index < -0.39 is 0 Å². The molecule has 0 bridgehead atoms. The van der Waals surface area contributed by atoms with Crippen molar-refractivity contribution in [2.45, 2.75) is 52.9 Å². The zero-order chi connectivity index (χ0) is 18.2. The summed E-state index contributed by atoms with van der Waals surface area (Å²) in [5.74, 6) is 0.684. The summed E-state index contributed by atoms with van der Waals surface area (Å²) < 4.78 is 0.